The van der Waals surface area contributed by atoms with Gasteiger partial charge in [0.2, 0.25) is 0 Å². The van der Waals surface area contributed by atoms with Crippen LogP contribution in [0.2, 0.25) is 0 Å². The third-order valence-electron chi connectivity index (χ3n) is 4.96. The number of benzene rings is 2. The van der Waals surface area contributed by atoms with Gasteiger partial charge < -0.3 is 19.8 Å². The maximum atomic E-state index is 12.8. The maximum Gasteiger partial charge on any atom is 0.311 e. The van der Waals surface area contributed by atoms with Gasteiger partial charge in [-0.05, 0) is 49.2 Å². The molecule has 9 nitrogen and oxygen atoms in total. The fraction of sp³-hybridized carbons (Fsp3) is 0.273. The van der Waals surface area contributed by atoms with Crippen molar-refractivity contribution in [2.24, 2.45) is 0 Å². The van der Waals surface area contributed by atoms with Crippen LogP contribution in [0.15, 0.2) is 48.0 Å². The second-order valence-electron chi connectivity index (χ2n) is 6.96. The summed E-state index contributed by atoms with van der Waals surface area (Å²) in [5, 5.41) is 32.0. The monoisotopic (exact) mass is 426 g/mol. The molecule has 2 aromatic carbocycles. The number of ether oxygens (including phenoxy) is 1. The zero-order chi connectivity index (χ0) is 22.7. The number of nitro groups is 1. The number of rotatable bonds is 7. The Kier molecular flexibility index (Phi) is 6.24. The molecule has 1 saturated heterocycles. The van der Waals surface area contributed by atoms with E-state index < -0.39 is 34.1 Å². The summed E-state index contributed by atoms with van der Waals surface area (Å²) in [7, 11) is 0. The fourth-order valence-electron chi connectivity index (χ4n) is 3.59. The summed E-state index contributed by atoms with van der Waals surface area (Å²) in [6.45, 7) is 4.33. The number of ketones is 1. The molecule has 0 bridgehead atoms. The summed E-state index contributed by atoms with van der Waals surface area (Å²) >= 11 is 0. The lowest BCUT2D eigenvalue weighted by atomic mass is 9.94. The molecule has 0 radical (unpaired) electrons. The zero-order valence-corrected chi connectivity index (χ0v) is 17.1. The zero-order valence-electron chi connectivity index (χ0n) is 17.1. The lowest BCUT2D eigenvalue weighted by Gasteiger charge is -2.24. The van der Waals surface area contributed by atoms with Crippen LogP contribution in [0.1, 0.15) is 37.4 Å². The average Bonchev–Trinajstić information content (AvgIpc) is 2.99. The van der Waals surface area contributed by atoms with E-state index in [2.05, 4.69) is 0 Å². The van der Waals surface area contributed by atoms with Crippen LogP contribution in [-0.2, 0) is 9.59 Å². The molecule has 0 aliphatic carbocycles. The van der Waals surface area contributed by atoms with E-state index in [9.17, 15) is 29.9 Å². The van der Waals surface area contributed by atoms with Gasteiger partial charge in [-0.25, -0.2) is 0 Å². The first kappa shape index (κ1) is 21.8. The second kappa shape index (κ2) is 8.86. The molecule has 162 valence electrons. The van der Waals surface area contributed by atoms with Crippen molar-refractivity contribution < 1.29 is 29.5 Å². The predicted molar refractivity (Wildman–Crippen MR) is 112 cm³/mol. The molecule has 0 aromatic heterocycles. The molecule has 0 spiro atoms. The van der Waals surface area contributed by atoms with Gasteiger partial charge in [0.1, 0.15) is 11.5 Å². The summed E-state index contributed by atoms with van der Waals surface area (Å²) in [5.74, 6) is -2.01. The second-order valence-corrected chi connectivity index (χ2v) is 6.96. The van der Waals surface area contributed by atoms with Crippen LogP contribution < -0.4 is 4.74 Å². The van der Waals surface area contributed by atoms with Crippen LogP contribution in [0.25, 0.3) is 5.76 Å². The highest BCUT2D eigenvalue weighted by molar-refractivity contribution is 6.46. The smallest absolute Gasteiger partial charge is 0.311 e. The first-order valence-corrected chi connectivity index (χ1v) is 9.79. The van der Waals surface area contributed by atoms with Crippen molar-refractivity contribution in [3.05, 3.63) is 69.3 Å². The van der Waals surface area contributed by atoms with Crippen molar-refractivity contribution in [3.8, 4) is 11.5 Å². The average molecular weight is 426 g/mol. The number of hydrogen-bond acceptors (Lipinski definition) is 7. The Morgan fingerprint density at radius 1 is 1.16 bits per heavy atom. The Morgan fingerprint density at radius 2 is 1.84 bits per heavy atom. The van der Waals surface area contributed by atoms with Crippen LogP contribution in [0.3, 0.4) is 0 Å². The number of carbonyl (C=O) groups is 2. The number of phenolic OH excluding ortho intramolecular Hbond substituents is 1. The molecule has 1 fully saturated rings. The van der Waals surface area contributed by atoms with Gasteiger partial charge in [0.05, 0.1) is 23.1 Å². The van der Waals surface area contributed by atoms with E-state index in [1.165, 1.54) is 11.0 Å². The highest BCUT2D eigenvalue weighted by Gasteiger charge is 2.46. The van der Waals surface area contributed by atoms with Gasteiger partial charge in [0, 0.05) is 18.2 Å². The molecule has 2 aromatic rings. The lowest BCUT2D eigenvalue weighted by Crippen LogP contribution is -2.30. The third kappa shape index (κ3) is 4.07. The van der Waals surface area contributed by atoms with Crippen molar-refractivity contribution in [2.45, 2.75) is 26.3 Å². The van der Waals surface area contributed by atoms with Crippen molar-refractivity contribution in [2.75, 3.05) is 13.2 Å². The molecule has 1 amide bonds. The summed E-state index contributed by atoms with van der Waals surface area (Å²) in [4.78, 5) is 37.3. The highest BCUT2D eigenvalue weighted by atomic mass is 16.6. The van der Waals surface area contributed by atoms with Gasteiger partial charge in [-0.15, -0.1) is 0 Å². The van der Waals surface area contributed by atoms with Crippen molar-refractivity contribution >= 4 is 23.1 Å². The quantitative estimate of drug-likeness (QED) is 0.228. The molecule has 3 rings (SSSR count). The minimum Gasteiger partial charge on any atom is -0.507 e. The Hall–Kier alpha value is -3.88. The number of likely N-dealkylation sites (tertiary alicyclic amines) is 1. The first-order valence-electron chi connectivity index (χ1n) is 9.79. The van der Waals surface area contributed by atoms with Gasteiger partial charge in [-0.2, -0.15) is 0 Å². The number of amides is 1. The summed E-state index contributed by atoms with van der Waals surface area (Å²) in [6, 6.07) is 8.99. The molecule has 9 heteroatoms. The highest BCUT2D eigenvalue weighted by Crippen LogP contribution is 2.41. The number of hydrogen-bond donors (Lipinski definition) is 2. The number of nitro benzene ring substituents is 1. The standard InChI is InChI=1S/C22H22N2O7/c1-3-11-23-19(14-7-10-17(25)16(12-14)24(29)30)18(21(27)22(23)28)20(26)13-5-8-15(9-6-13)31-4-2/h5-10,12,19,25-26H,3-4,11H2,1-2H3/b20-18-. The van der Waals surface area contributed by atoms with Gasteiger partial charge in [-0.1, -0.05) is 13.0 Å². The summed E-state index contributed by atoms with van der Waals surface area (Å²) in [5.41, 5.74) is -0.177. The largest absolute Gasteiger partial charge is 0.507 e. The van der Waals surface area contributed by atoms with Crippen LogP contribution in [0.4, 0.5) is 5.69 Å². The van der Waals surface area contributed by atoms with Crippen molar-refractivity contribution in [1.29, 1.82) is 0 Å². The number of aliphatic hydroxyl groups excluding tert-OH is 1. The van der Waals surface area contributed by atoms with Gasteiger partial charge >= 0.3 is 5.69 Å². The fourth-order valence-corrected chi connectivity index (χ4v) is 3.59. The Balaban J connectivity index is 2.17. The summed E-state index contributed by atoms with van der Waals surface area (Å²) in [6.07, 6.45) is 0.535. The molecule has 2 N–H and O–H groups in total. The van der Waals surface area contributed by atoms with Crippen LogP contribution in [0, 0.1) is 10.1 Å². The Labute approximate surface area is 178 Å². The van der Waals surface area contributed by atoms with E-state index in [1.54, 1.807) is 24.3 Å². The van der Waals surface area contributed by atoms with E-state index in [0.717, 1.165) is 12.1 Å². The number of aliphatic hydroxyl groups is 1. The number of phenols is 1. The predicted octanol–water partition coefficient (Wildman–Crippen LogP) is 3.53. The Bertz CT molecular complexity index is 1060. The lowest BCUT2D eigenvalue weighted by molar-refractivity contribution is -0.385. The molecule has 31 heavy (non-hydrogen) atoms. The first-order chi connectivity index (χ1) is 14.8. The molecular weight excluding hydrogens is 404 g/mol. The number of carbonyl (C=O) groups excluding carboxylic acids is 2. The van der Waals surface area contributed by atoms with Gasteiger partial charge in [-0.3, -0.25) is 19.7 Å². The molecule has 1 atom stereocenters. The van der Waals surface area contributed by atoms with Gasteiger partial charge in [0.25, 0.3) is 11.7 Å². The van der Waals surface area contributed by atoms with E-state index in [-0.39, 0.29) is 23.4 Å². The van der Waals surface area contributed by atoms with E-state index in [4.69, 9.17) is 4.74 Å². The maximum absolute atomic E-state index is 12.8. The number of Topliss-reactive ketones (excluding diaryl/α,β-unsaturated/α-hetero) is 1. The number of aromatic hydroxyl groups is 1. The normalized spacial score (nSPS) is 17.7. The minimum absolute atomic E-state index is 0.164. The van der Waals surface area contributed by atoms with Crippen LogP contribution in [-0.4, -0.2) is 44.9 Å². The van der Waals surface area contributed by atoms with Crippen molar-refractivity contribution in [1.82, 2.24) is 4.90 Å². The summed E-state index contributed by atoms with van der Waals surface area (Å²) < 4.78 is 5.38. The molecule has 1 heterocycles. The van der Waals surface area contributed by atoms with Crippen LogP contribution in [0.5, 0.6) is 11.5 Å². The van der Waals surface area contributed by atoms with E-state index in [0.29, 0.717) is 24.3 Å². The number of nitrogens with zero attached hydrogens (tertiary/aromatic N) is 2. The van der Waals surface area contributed by atoms with Crippen molar-refractivity contribution in [3.63, 3.8) is 0 Å². The molecule has 1 aliphatic rings. The van der Waals surface area contributed by atoms with Gasteiger partial charge in [0.15, 0.2) is 5.75 Å². The molecular formula is C22H22N2O7. The van der Waals surface area contributed by atoms with E-state index >= 15 is 0 Å². The SMILES string of the molecule is CCCN1C(=O)C(=O)/C(=C(\O)c2ccc(OCC)cc2)C1c1ccc(O)c([N+](=O)[O-])c1. The Morgan fingerprint density at radius 3 is 2.42 bits per heavy atom. The molecule has 1 unspecified atom stereocenters. The molecule has 0 saturated carbocycles. The topological polar surface area (TPSA) is 130 Å². The molecule has 1 aliphatic heterocycles. The minimum atomic E-state index is -1.02. The van der Waals surface area contributed by atoms with E-state index in [1.807, 2.05) is 13.8 Å². The third-order valence-corrected chi connectivity index (χ3v) is 4.96. The van der Waals surface area contributed by atoms with Crippen LogP contribution >= 0.6 is 0 Å².